The molecule has 1 aliphatic heterocycles. The third-order valence-corrected chi connectivity index (χ3v) is 3.70. The van der Waals surface area contributed by atoms with Crippen molar-refractivity contribution in [3.05, 3.63) is 40.4 Å². The van der Waals surface area contributed by atoms with Crippen molar-refractivity contribution in [2.45, 2.75) is 25.3 Å². The van der Waals surface area contributed by atoms with Crippen molar-refractivity contribution in [1.29, 1.82) is 0 Å². The Morgan fingerprint density at radius 3 is 3.00 bits per heavy atom. The van der Waals surface area contributed by atoms with Crippen LogP contribution in [0.2, 0.25) is 0 Å². The van der Waals surface area contributed by atoms with E-state index in [-0.39, 0.29) is 5.69 Å². The smallest absolute Gasteiger partial charge is 0.270 e. The van der Waals surface area contributed by atoms with Crippen LogP contribution in [0.1, 0.15) is 19.3 Å². The Balaban J connectivity index is 1.71. The SMILES string of the molecule is O=[N+]([O-])c1ccc2nc(OCC3CCCCN3)ccc2c1. The highest BCUT2D eigenvalue weighted by atomic mass is 16.6. The molecule has 0 bridgehead atoms. The summed E-state index contributed by atoms with van der Waals surface area (Å²) in [6.45, 7) is 1.65. The highest BCUT2D eigenvalue weighted by Crippen LogP contribution is 2.22. The van der Waals surface area contributed by atoms with E-state index in [9.17, 15) is 10.1 Å². The van der Waals surface area contributed by atoms with E-state index in [1.807, 2.05) is 0 Å². The topological polar surface area (TPSA) is 77.3 Å². The first kappa shape index (κ1) is 13.8. The van der Waals surface area contributed by atoms with E-state index in [2.05, 4.69) is 10.3 Å². The van der Waals surface area contributed by atoms with E-state index in [4.69, 9.17) is 4.74 Å². The zero-order chi connectivity index (χ0) is 14.7. The Bertz CT molecular complexity index is 654. The first-order valence-electron chi connectivity index (χ1n) is 7.14. The van der Waals surface area contributed by atoms with E-state index in [0.717, 1.165) is 18.4 Å². The molecule has 2 aromatic rings. The Hall–Kier alpha value is -2.21. The molecule has 0 radical (unpaired) electrons. The van der Waals surface area contributed by atoms with Gasteiger partial charge in [-0.15, -0.1) is 0 Å². The number of nitrogens with zero attached hydrogens (tertiary/aromatic N) is 2. The highest BCUT2D eigenvalue weighted by Gasteiger charge is 2.13. The van der Waals surface area contributed by atoms with Crippen LogP contribution in [0.3, 0.4) is 0 Å². The van der Waals surface area contributed by atoms with Crippen LogP contribution in [-0.4, -0.2) is 29.1 Å². The van der Waals surface area contributed by atoms with Crippen LogP contribution in [0.4, 0.5) is 5.69 Å². The number of rotatable bonds is 4. The predicted molar refractivity (Wildman–Crippen MR) is 79.5 cm³/mol. The molecule has 0 amide bonds. The van der Waals surface area contributed by atoms with Crippen LogP contribution in [0.5, 0.6) is 5.88 Å². The number of hydrogen-bond donors (Lipinski definition) is 1. The summed E-state index contributed by atoms with van der Waals surface area (Å²) in [6, 6.07) is 8.58. The average Bonchev–Trinajstić information content (AvgIpc) is 2.53. The van der Waals surface area contributed by atoms with Crippen molar-refractivity contribution in [3.63, 3.8) is 0 Å². The first-order valence-corrected chi connectivity index (χ1v) is 7.14. The molecule has 1 saturated heterocycles. The van der Waals surface area contributed by atoms with Crippen molar-refractivity contribution in [2.24, 2.45) is 0 Å². The molecule has 1 aliphatic rings. The van der Waals surface area contributed by atoms with Gasteiger partial charge < -0.3 is 10.1 Å². The van der Waals surface area contributed by atoms with Gasteiger partial charge in [-0.3, -0.25) is 10.1 Å². The summed E-state index contributed by atoms with van der Waals surface area (Å²) in [7, 11) is 0. The monoisotopic (exact) mass is 287 g/mol. The van der Waals surface area contributed by atoms with E-state index in [0.29, 0.717) is 24.0 Å². The lowest BCUT2D eigenvalue weighted by Crippen LogP contribution is -2.38. The van der Waals surface area contributed by atoms with Gasteiger partial charge >= 0.3 is 0 Å². The fourth-order valence-corrected chi connectivity index (χ4v) is 2.54. The number of benzene rings is 1. The van der Waals surface area contributed by atoms with E-state index >= 15 is 0 Å². The van der Waals surface area contributed by atoms with Crippen LogP contribution >= 0.6 is 0 Å². The minimum atomic E-state index is -0.404. The largest absolute Gasteiger partial charge is 0.476 e. The lowest BCUT2D eigenvalue weighted by molar-refractivity contribution is -0.384. The Morgan fingerprint density at radius 1 is 1.33 bits per heavy atom. The third-order valence-electron chi connectivity index (χ3n) is 3.70. The second-order valence-electron chi connectivity index (χ2n) is 5.24. The summed E-state index contributed by atoms with van der Waals surface area (Å²) < 4.78 is 5.72. The maximum atomic E-state index is 10.7. The molecule has 0 spiro atoms. The van der Waals surface area contributed by atoms with Gasteiger partial charge in [-0.25, -0.2) is 4.98 Å². The van der Waals surface area contributed by atoms with Crippen molar-refractivity contribution in [2.75, 3.05) is 13.2 Å². The number of piperidine rings is 1. The van der Waals surface area contributed by atoms with Crippen LogP contribution in [-0.2, 0) is 0 Å². The van der Waals surface area contributed by atoms with Gasteiger partial charge in [0.05, 0.1) is 10.4 Å². The molecule has 1 aromatic carbocycles. The number of nitro groups is 1. The van der Waals surface area contributed by atoms with Crippen LogP contribution in [0.25, 0.3) is 10.9 Å². The highest BCUT2D eigenvalue weighted by molar-refractivity contribution is 5.81. The maximum absolute atomic E-state index is 10.7. The van der Waals surface area contributed by atoms with Crippen molar-refractivity contribution >= 4 is 16.6 Å². The molecule has 6 heteroatoms. The lowest BCUT2D eigenvalue weighted by atomic mass is 10.1. The van der Waals surface area contributed by atoms with E-state index < -0.39 is 4.92 Å². The number of nitrogens with one attached hydrogen (secondary N) is 1. The van der Waals surface area contributed by atoms with Gasteiger partial charge in [-0.2, -0.15) is 0 Å². The molecule has 21 heavy (non-hydrogen) atoms. The minimum absolute atomic E-state index is 0.0735. The lowest BCUT2D eigenvalue weighted by Gasteiger charge is -2.23. The fraction of sp³-hybridized carbons (Fsp3) is 0.400. The number of pyridine rings is 1. The minimum Gasteiger partial charge on any atom is -0.476 e. The molecule has 0 saturated carbocycles. The van der Waals surface area contributed by atoms with Crippen molar-refractivity contribution < 1.29 is 9.66 Å². The fourth-order valence-electron chi connectivity index (χ4n) is 2.54. The van der Waals surface area contributed by atoms with Gasteiger partial charge in [-0.05, 0) is 31.5 Å². The van der Waals surface area contributed by atoms with Gasteiger partial charge in [-0.1, -0.05) is 6.42 Å². The zero-order valence-electron chi connectivity index (χ0n) is 11.6. The van der Waals surface area contributed by atoms with E-state index in [1.165, 1.54) is 25.0 Å². The molecule has 6 nitrogen and oxygen atoms in total. The molecule has 2 heterocycles. The second kappa shape index (κ2) is 6.05. The molecule has 1 fully saturated rings. The normalized spacial score (nSPS) is 18.6. The van der Waals surface area contributed by atoms with Crippen molar-refractivity contribution in [1.82, 2.24) is 10.3 Å². The van der Waals surface area contributed by atoms with Crippen LogP contribution in [0.15, 0.2) is 30.3 Å². The quantitative estimate of drug-likeness (QED) is 0.691. The molecular formula is C15H17N3O3. The van der Waals surface area contributed by atoms with Gasteiger partial charge in [0.15, 0.2) is 0 Å². The number of fused-ring (bicyclic) bond motifs is 1. The molecular weight excluding hydrogens is 270 g/mol. The number of non-ortho nitro benzene ring substituents is 1. The Morgan fingerprint density at radius 2 is 2.24 bits per heavy atom. The first-order chi connectivity index (χ1) is 10.2. The molecule has 1 atom stereocenters. The second-order valence-corrected chi connectivity index (χ2v) is 5.24. The number of nitro benzene ring substituents is 1. The van der Waals surface area contributed by atoms with Crippen LogP contribution < -0.4 is 10.1 Å². The summed E-state index contributed by atoms with van der Waals surface area (Å²) in [5.74, 6) is 0.559. The number of aromatic nitrogens is 1. The maximum Gasteiger partial charge on any atom is 0.270 e. The van der Waals surface area contributed by atoms with Crippen LogP contribution in [0, 0.1) is 10.1 Å². The molecule has 110 valence electrons. The summed E-state index contributed by atoms with van der Waals surface area (Å²) in [4.78, 5) is 14.7. The molecule has 1 aromatic heterocycles. The van der Waals surface area contributed by atoms with Gasteiger partial charge in [0.25, 0.3) is 5.69 Å². The summed E-state index contributed by atoms with van der Waals surface area (Å²) in [5.41, 5.74) is 0.777. The van der Waals surface area contributed by atoms with E-state index in [1.54, 1.807) is 18.2 Å². The standard InChI is InChI=1S/C15H17N3O3/c19-18(20)13-5-6-14-11(9-13)4-7-15(17-14)21-10-12-3-1-2-8-16-12/h4-7,9,12,16H,1-3,8,10H2. The third kappa shape index (κ3) is 3.28. The summed E-state index contributed by atoms with van der Waals surface area (Å²) in [5, 5.41) is 14.9. The van der Waals surface area contributed by atoms with Crippen molar-refractivity contribution in [3.8, 4) is 5.88 Å². The van der Waals surface area contributed by atoms with Gasteiger partial charge in [0, 0.05) is 29.6 Å². The Labute approximate surface area is 122 Å². The Kier molecular flexibility index (Phi) is 3.96. The molecule has 1 N–H and O–H groups in total. The summed E-state index contributed by atoms with van der Waals surface area (Å²) in [6.07, 6.45) is 3.58. The van der Waals surface area contributed by atoms with Gasteiger partial charge in [0.1, 0.15) is 6.61 Å². The average molecular weight is 287 g/mol. The summed E-state index contributed by atoms with van der Waals surface area (Å²) >= 11 is 0. The molecule has 0 aliphatic carbocycles. The zero-order valence-corrected chi connectivity index (χ0v) is 11.6. The molecule has 1 unspecified atom stereocenters. The number of ether oxygens (including phenoxy) is 1. The van der Waals surface area contributed by atoms with Gasteiger partial charge in [0.2, 0.25) is 5.88 Å². The molecule has 3 rings (SSSR count). The predicted octanol–water partition coefficient (Wildman–Crippen LogP) is 2.66. The number of hydrogen-bond acceptors (Lipinski definition) is 5.